The normalized spacial score (nSPS) is 11.0. The molecule has 2 heterocycles. The first kappa shape index (κ1) is 11.2. The summed E-state index contributed by atoms with van der Waals surface area (Å²) in [5.74, 6) is 1.51. The van der Waals surface area contributed by atoms with Crippen molar-refractivity contribution in [2.75, 3.05) is 5.32 Å². The van der Waals surface area contributed by atoms with E-state index in [1.807, 2.05) is 6.92 Å². The largest absolute Gasteiger partial charge is 0.444 e. The van der Waals surface area contributed by atoms with Crippen molar-refractivity contribution in [1.29, 1.82) is 0 Å². The highest BCUT2D eigenvalue weighted by Crippen LogP contribution is 2.28. The van der Waals surface area contributed by atoms with Crippen molar-refractivity contribution in [2.45, 2.75) is 20.4 Å². The molecule has 1 aromatic carbocycles. The van der Waals surface area contributed by atoms with E-state index in [0.29, 0.717) is 12.4 Å². The predicted molar refractivity (Wildman–Crippen MR) is 72.9 cm³/mol. The van der Waals surface area contributed by atoms with Crippen LogP contribution in [0.2, 0.25) is 0 Å². The van der Waals surface area contributed by atoms with E-state index < -0.39 is 0 Å². The summed E-state index contributed by atoms with van der Waals surface area (Å²) in [5.41, 5.74) is 2.26. The number of para-hydroxylation sites is 1. The van der Waals surface area contributed by atoms with E-state index in [-0.39, 0.29) is 0 Å². The highest BCUT2D eigenvalue weighted by molar-refractivity contribution is 7.22. The number of thiazole rings is 1. The molecule has 0 spiro atoms. The van der Waals surface area contributed by atoms with Crippen LogP contribution >= 0.6 is 11.3 Å². The number of benzene rings is 1. The molecule has 0 aliphatic carbocycles. The number of oxazole rings is 1. The number of fused-ring (bicyclic) bond motifs is 1. The molecule has 0 fully saturated rings. The maximum Gasteiger partial charge on any atom is 0.213 e. The minimum Gasteiger partial charge on any atom is -0.444 e. The van der Waals surface area contributed by atoms with Gasteiger partial charge in [0.05, 0.1) is 23.0 Å². The van der Waals surface area contributed by atoms with Gasteiger partial charge in [-0.05, 0) is 25.5 Å². The molecule has 3 rings (SSSR count). The molecule has 5 heteroatoms. The number of nitrogens with zero attached hydrogens (tertiary/aromatic N) is 2. The second-order valence-electron chi connectivity index (χ2n) is 4.16. The standard InChI is InChI=1S/C13H13N3OS/c1-8-4-3-5-10-12(8)16-13(18-10)15-7-11-14-6-9(2)17-11/h3-6H,7H2,1-2H3,(H,15,16). The fourth-order valence-electron chi connectivity index (χ4n) is 1.80. The van der Waals surface area contributed by atoms with Crippen molar-refractivity contribution in [2.24, 2.45) is 0 Å². The van der Waals surface area contributed by atoms with Crippen molar-refractivity contribution >= 4 is 26.7 Å². The topological polar surface area (TPSA) is 51.0 Å². The van der Waals surface area contributed by atoms with Crippen LogP contribution in [0.3, 0.4) is 0 Å². The molecule has 0 aliphatic rings. The number of hydrogen-bond acceptors (Lipinski definition) is 5. The van der Waals surface area contributed by atoms with Crippen molar-refractivity contribution < 1.29 is 4.42 Å². The van der Waals surface area contributed by atoms with Gasteiger partial charge in [-0.2, -0.15) is 0 Å². The SMILES string of the molecule is Cc1cnc(CNc2nc3c(C)cccc3s2)o1. The summed E-state index contributed by atoms with van der Waals surface area (Å²) in [4.78, 5) is 8.72. The summed E-state index contributed by atoms with van der Waals surface area (Å²) in [6, 6.07) is 6.21. The molecule has 0 unspecified atom stereocenters. The quantitative estimate of drug-likeness (QED) is 0.782. The average Bonchev–Trinajstić information content (AvgIpc) is 2.93. The predicted octanol–water partition coefficient (Wildman–Crippen LogP) is 3.51. The lowest BCUT2D eigenvalue weighted by Crippen LogP contribution is -1.98. The number of nitrogens with one attached hydrogen (secondary N) is 1. The van der Waals surface area contributed by atoms with E-state index >= 15 is 0 Å². The van der Waals surface area contributed by atoms with E-state index in [4.69, 9.17) is 4.42 Å². The Morgan fingerprint density at radius 1 is 1.33 bits per heavy atom. The van der Waals surface area contributed by atoms with Gasteiger partial charge < -0.3 is 9.73 Å². The lowest BCUT2D eigenvalue weighted by Gasteiger charge is -1.96. The van der Waals surface area contributed by atoms with E-state index in [0.717, 1.165) is 16.4 Å². The Hall–Kier alpha value is -1.88. The Labute approximate surface area is 109 Å². The van der Waals surface area contributed by atoms with Gasteiger partial charge >= 0.3 is 0 Å². The molecular weight excluding hydrogens is 246 g/mol. The molecule has 0 saturated heterocycles. The van der Waals surface area contributed by atoms with Crippen LogP contribution in [0.1, 0.15) is 17.2 Å². The van der Waals surface area contributed by atoms with Crippen LogP contribution in [-0.2, 0) is 6.54 Å². The van der Waals surface area contributed by atoms with Gasteiger partial charge in [0.25, 0.3) is 0 Å². The number of aryl methyl sites for hydroxylation is 2. The second kappa shape index (κ2) is 4.42. The van der Waals surface area contributed by atoms with E-state index in [1.54, 1.807) is 17.5 Å². The molecule has 0 bridgehead atoms. The van der Waals surface area contributed by atoms with Crippen molar-refractivity contribution in [3.8, 4) is 0 Å². The first-order valence-electron chi connectivity index (χ1n) is 5.74. The average molecular weight is 259 g/mol. The fourth-order valence-corrected chi connectivity index (χ4v) is 2.74. The van der Waals surface area contributed by atoms with Gasteiger partial charge in [0.2, 0.25) is 5.89 Å². The monoisotopic (exact) mass is 259 g/mol. The highest BCUT2D eigenvalue weighted by atomic mass is 32.1. The van der Waals surface area contributed by atoms with E-state index in [9.17, 15) is 0 Å². The van der Waals surface area contributed by atoms with Gasteiger partial charge in [0.1, 0.15) is 5.76 Å². The second-order valence-corrected chi connectivity index (χ2v) is 5.19. The molecule has 2 aromatic heterocycles. The Balaban J connectivity index is 1.81. The van der Waals surface area contributed by atoms with Crippen LogP contribution in [0.15, 0.2) is 28.8 Å². The molecule has 0 aliphatic heterocycles. The Morgan fingerprint density at radius 3 is 2.94 bits per heavy atom. The zero-order valence-corrected chi connectivity index (χ0v) is 11.0. The first-order valence-corrected chi connectivity index (χ1v) is 6.55. The minimum absolute atomic E-state index is 0.562. The molecule has 0 saturated carbocycles. The van der Waals surface area contributed by atoms with Crippen LogP contribution in [0, 0.1) is 13.8 Å². The van der Waals surface area contributed by atoms with Crippen molar-refractivity contribution in [1.82, 2.24) is 9.97 Å². The first-order chi connectivity index (χ1) is 8.72. The zero-order valence-electron chi connectivity index (χ0n) is 10.2. The number of rotatable bonds is 3. The minimum atomic E-state index is 0.562. The zero-order chi connectivity index (χ0) is 12.5. The van der Waals surface area contributed by atoms with Gasteiger partial charge in [0, 0.05) is 0 Å². The number of anilines is 1. The maximum atomic E-state index is 5.41. The Bertz CT molecular complexity index is 686. The lowest BCUT2D eigenvalue weighted by atomic mass is 10.2. The van der Waals surface area contributed by atoms with Crippen LogP contribution in [-0.4, -0.2) is 9.97 Å². The summed E-state index contributed by atoms with van der Waals surface area (Å²) in [6.45, 7) is 4.52. The number of aromatic nitrogens is 2. The smallest absolute Gasteiger partial charge is 0.213 e. The van der Waals surface area contributed by atoms with Crippen LogP contribution in [0.5, 0.6) is 0 Å². The third kappa shape index (κ3) is 2.09. The Kier molecular flexibility index (Phi) is 2.76. The summed E-state index contributed by atoms with van der Waals surface area (Å²) in [7, 11) is 0. The van der Waals surface area contributed by atoms with Gasteiger partial charge in [-0.1, -0.05) is 23.5 Å². The summed E-state index contributed by atoms with van der Waals surface area (Å²) in [5, 5.41) is 4.14. The highest BCUT2D eigenvalue weighted by Gasteiger charge is 2.06. The molecule has 4 nitrogen and oxygen atoms in total. The number of hydrogen-bond donors (Lipinski definition) is 1. The maximum absolute atomic E-state index is 5.41. The van der Waals surface area contributed by atoms with E-state index in [2.05, 4.69) is 40.4 Å². The molecule has 0 amide bonds. The third-order valence-electron chi connectivity index (χ3n) is 2.68. The van der Waals surface area contributed by atoms with Gasteiger partial charge in [0.15, 0.2) is 5.13 Å². The van der Waals surface area contributed by atoms with Gasteiger partial charge in [-0.25, -0.2) is 9.97 Å². The third-order valence-corrected chi connectivity index (χ3v) is 3.66. The van der Waals surface area contributed by atoms with Gasteiger partial charge in [-0.15, -0.1) is 0 Å². The van der Waals surface area contributed by atoms with Crippen molar-refractivity contribution in [3.63, 3.8) is 0 Å². The van der Waals surface area contributed by atoms with Crippen molar-refractivity contribution in [3.05, 3.63) is 41.6 Å². The lowest BCUT2D eigenvalue weighted by molar-refractivity contribution is 0.479. The summed E-state index contributed by atoms with van der Waals surface area (Å²) < 4.78 is 6.60. The molecule has 1 N–H and O–H groups in total. The van der Waals surface area contributed by atoms with E-state index in [1.165, 1.54) is 10.3 Å². The van der Waals surface area contributed by atoms with Crippen LogP contribution in [0.4, 0.5) is 5.13 Å². The molecule has 0 atom stereocenters. The molecule has 3 aromatic rings. The van der Waals surface area contributed by atoms with Crippen LogP contribution < -0.4 is 5.32 Å². The van der Waals surface area contributed by atoms with Gasteiger partial charge in [-0.3, -0.25) is 0 Å². The summed E-state index contributed by atoms with van der Waals surface area (Å²) >= 11 is 1.65. The summed E-state index contributed by atoms with van der Waals surface area (Å²) in [6.07, 6.45) is 1.72. The Morgan fingerprint density at radius 2 is 2.22 bits per heavy atom. The molecular formula is C13H13N3OS. The fraction of sp³-hybridized carbons (Fsp3) is 0.231. The molecule has 0 radical (unpaired) electrons. The molecule has 18 heavy (non-hydrogen) atoms. The van der Waals surface area contributed by atoms with Crippen LogP contribution in [0.25, 0.3) is 10.2 Å². The molecule has 92 valence electrons.